The van der Waals surface area contributed by atoms with Gasteiger partial charge in [0.1, 0.15) is 39.3 Å². The van der Waals surface area contributed by atoms with Gasteiger partial charge in [0.2, 0.25) is 0 Å². The molecular weight excluding hydrogens is 258 g/mol. The first kappa shape index (κ1) is 14.2. The second kappa shape index (κ2) is 6.83. The maximum Gasteiger partial charge on any atom is 0.127 e. The van der Waals surface area contributed by atoms with Crippen molar-refractivity contribution < 1.29 is 9.80 Å². The van der Waals surface area contributed by atoms with Crippen LogP contribution in [0.1, 0.15) is 16.7 Å². The number of benzene rings is 1. The van der Waals surface area contributed by atoms with Crippen LogP contribution in [0.3, 0.4) is 0 Å². The summed E-state index contributed by atoms with van der Waals surface area (Å²) in [5.41, 5.74) is 4.17. The summed E-state index contributed by atoms with van der Waals surface area (Å²) in [6.07, 6.45) is 3.85. The summed E-state index contributed by atoms with van der Waals surface area (Å²) >= 11 is 0. The summed E-state index contributed by atoms with van der Waals surface area (Å²) in [5.74, 6) is 0. The lowest BCUT2D eigenvalue weighted by atomic mass is 10.1. The van der Waals surface area contributed by atoms with E-state index in [2.05, 4.69) is 42.2 Å². The first-order chi connectivity index (χ1) is 10.3. The van der Waals surface area contributed by atoms with Gasteiger partial charge in [0.15, 0.2) is 0 Å². The Hall–Kier alpha value is -1.71. The van der Waals surface area contributed by atoms with Crippen molar-refractivity contribution in [3.05, 3.63) is 65.5 Å². The van der Waals surface area contributed by atoms with E-state index < -0.39 is 0 Å². The summed E-state index contributed by atoms with van der Waals surface area (Å²) in [5, 5.41) is 0. The molecule has 3 rings (SSSR count). The largest absolute Gasteiger partial charge is 0.322 e. The van der Waals surface area contributed by atoms with Gasteiger partial charge in [0.05, 0.1) is 0 Å². The van der Waals surface area contributed by atoms with E-state index in [9.17, 15) is 0 Å². The average Bonchev–Trinajstić information content (AvgIpc) is 2.53. The van der Waals surface area contributed by atoms with Crippen molar-refractivity contribution in [1.82, 2.24) is 4.98 Å². The molecule has 2 aromatic rings. The van der Waals surface area contributed by atoms with Crippen LogP contribution < -0.4 is 9.80 Å². The van der Waals surface area contributed by atoms with Gasteiger partial charge >= 0.3 is 0 Å². The first-order valence-corrected chi connectivity index (χ1v) is 7.91. The van der Waals surface area contributed by atoms with Gasteiger partial charge in [-0.05, 0) is 13.0 Å². The van der Waals surface area contributed by atoms with Gasteiger partial charge in [0.25, 0.3) is 0 Å². The number of aromatic nitrogens is 1. The normalized spacial score (nSPS) is 22.1. The van der Waals surface area contributed by atoms with E-state index in [1.165, 1.54) is 49.4 Å². The zero-order valence-electron chi connectivity index (χ0n) is 12.8. The third-order valence-corrected chi connectivity index (χ3v) is 4.42. The number of pyridine rings is 1. The molecule has 0 atom stereocenters. The molecule has 1 aliphatic heterocycles. The van der Waals surface area contributed by atoms with E-state index in [4.69, 9.17) is 0 Å². The predicted molar refractivity (Wildman–Crippen MR) is 84.2 cm³/mol. The van der Waals surface area contributed by atoms with Gasteiger partial charge in [0, 0.05) is 23.5 Å². The molecule has 1 aliphatic rings. The van der Waals surface area contributed by atoms with Crippen LogP contribution in [-0.2, 0) is 13.1 Å². The lowest BCUT2D eigenvalue weighted by Crippen LogP contribution is -3.27. The van der Waals surface area contributed by atoms with Gasteiger partial charge < -0.3 is 9.80 Å². The molecule has 1 aromatic carbocycles. The summed E-state index contributed by atoms with van der Waals surface area (Å²) in [7, 11) is 0. The Morgan fingerprint density at radius 3 is 2.05 bits per heavy atom. The zero-order valence-corrected chi connectivity index (χ0v) is 12.8. The smallest absolute Gasteiger partial charge is 0.127 e. The van der Waals surface area contributed by atoms with Crippen LogP contribution in [-0.4, -0.2) is 31.2 Å². The number of rotatable bonds is 4. The highest BCUT2D eigenvalue weighted by Crippen LogP contribution is 2.01. The minimum atomic E-state index is 1.12. The van der Waals surface area contributed by atoms with Crippen LogP contribution in [0.4, 0.5) is 0 Å². The molecule has 1 saturated heterocycles. The Morgan fingerprint density at radius 2 is 1.48 bits per heavy atom. The highest BCUT2D eigenvalue weighted by Gasteiger charge is 2.22. The van der Waals surface area contributed by atoms with Crippen molar-refractivity contribution in [3.63, 3.8) is 0 Å². The van der Waals surface area contributed by atoms with Crippen LogP contribution in [0.5, 0.6) is 0 Å². The van der Waals surface area contributed by atoms with E-state index in [0.717, 1.165) is 6.54 Å². The molecule has 110 valence electrons. The average molecular weight is 283 g/mol. The Kier molecular flexibility index (Phi) is 4.63. The van der Waals surface area contributed by atoms with Gasteiger partial charge in [-0.25, -0.2) is 0 Å². The van der Waals surface area contributed by atoms with Gasteiger partial charge in [-0.3, -0.25) is 4.98 Å². The van der Waals surface area contributed by atoms with Crippen LogP contribution in [0.25, 0.3) is 0 Å². The Morgan fingerprint density at radius 1 is 0.857 bits per heavy atom. The fourth-order valence-electron chi connectivity index (χ4n) is 3.10. The van der Waals surface area contributed by atoms with Crippen LogP contribution >= 0.6 is 0 Å². The summed E-state index contributed by atoms with van der Waals surface area (Å²) in [6.45, 7) is 9.49. The highest BCUT2D eigenvalue weighted by atomic mass is 15.3. The lowest BCUT2D eigenvalue weighted by Gasteiger charge is -2.29. The Bertz CT molecular complexity index is 542. The monoisotopic (exact) mass is 283 g/mol. The Balaban J connectivity index is 1.47. The molecule has 0 aliphatic carbocycles. The van der Waals surface area contributed by atoms with Crippen LogP contribution in [0, 0.1) is 6.92 Å². The van der Waals surface area contributed by atoms with E-state index >= 15 is 0 Å². The number of nitrogens with zero attached hydrogens (tertiary/aromatic N) is 1. The van der Waals surface area contributed by atoms with Crippen molar-refractivity contribution >= 4 is 0 Å². The summed E-state index contributed by atoms with van der Waals surface area (Å²) in [4.78, 5) is 7.62. The third kappa shape index (κ3) is 4.13. The number of nitrogens with one attached hydrogen (secondary N) is 2. The highest BCUT2D eigenvalue weighted by molar-refractivity contribution is 5.20. The number of quaternary nitrogens is 2. The molecule has 21 heavy (non-hydrogen) atoms. The maximum atomic E-state index is 4.21. The second-order valence-corrected chi connectivity index (χ2v) is 6.20. The fraction of sp³-hybridized carbons (Fsp3) is 0.389. The maximum absolute atomic E-state index is 4.21. The summed E-state index contributed by atoms with van der Waals surface area (Å²) < 4.78 is 0. The van der Waals surface area contributed by atoms with E-state index in [-0.39, 0.29) is 0 Å². The number of piperazine rings is 1. The molecule has 0 radical (unpaired) electrons. The minimum Gasteiger partial charge on any atom is -0.322 e. The first-order valence-electron chi connectivity index (χ1n) is 7.91. The van der Waals surface area contributed by atoms with Gasteiger partial charge in [-0.2, -0.15) is 0 Å². The van der Waals surface area contributed by atoms with Crippen molar-refractivity contribution in [3.8, 4) is 0 Å². The van der Waals surface area contributed by atoms with Gasteiger partial charge in [-0.15, -0.1) is 0 Å². The summed E-state index contributed by atoms with van der Waals surface area (Å²) in [6, 6.07) is 13.2. The molecule has 3 heteroatoms. The number of hydrogen-bond acceptors (Lipinski definition) is 1. The molecule has 2 heterocycles. The molecule has 1 fully saturated rings. The topological polar surface area (TPSA) is 21.8 Å². The van der Waals surface area contributed by atoms with E-state index in [1.54, 1.807) is 9.80 Å². The molecule has 0 amide bonds. The van der Waals surface area contributed by atoms with Crippen molar-refractivity contribution in [2.45, 2.75) is 20.0 Å². The molecule has 0 bridgehead atoms. The predicted octanol–water partition coefficient (Wildman–Crippen LogP) is -0.126. The molecule has 0 spiro atoms. The van der Waals surface area contributed by atoms with E-state index in [0.29, 0.717) is 0 Å². The second-order valence-electron chi connectivity index (χ2n) is 6.20. The molecule has 0 saturated carbocycles. The molecular formula is C18H25N3+2. The standard InChI is InChI=1S/C18H23N3/c1-16-4-6-17(7-5-16)14-20-9-11-21(12-10-20)15-18-3-2-8-19-13-18/h2-8,13H,9-12,14-15H2,1H3/p+2. The molecule has 1 aromatic heterocycles. The molecule has 0 unspecified atom stereocenters. The number of aryl methyl sites for hydroxylation is 1. The Labute approximate surface area is 127 Å². The van der Waals surface area contributed by atoms with Crippen molar-refractivity contribution in [2.24, 2.45) is 0 Å². The van der Waals surface area contributed by atoms with E-state index in [1.807, 2.05) is 18.5 Å². The fourth-order valence-corrected chi connectivity index (χ4v) is 3.10. The van der Waals surface area contributed by atoms with Crippen LogP contribution in [0.2, 0.25) is 0 Å². The molecule has 2 N–H and O–H groups in total. The van der Waals surface area contributed by atoms with Crippen molar-refractivity contribution in [1.29, 1.82) is 0 Å². The third-order valence-electron chi connectivity index (χ3n) is 4.42. The van der Waals surface area contributed by atoms with Gasteiger partial charge in [-0.1, -0.05) is 35.9 Å². The number of hydrogen-bond donors (Lipinski definition) is 2. The zero-order chi connectivity index (χ0) is 14.5. The van der Waals surface area contributed by atoms with Crippen LogP contribution in [0.15, 0.2) is 48.8 Å². The lowest BCUT2D eigenvalue weighted by molar-refractivity contribution is -1.02. The SMILES string of the molecule is Cc1ccc(C[NH+]2CC[NH+](Cc3cccnc3)CC2)cc1. The molecule has 3 nitrogen and oxygen atoms in total. The quantitative estimate of drug-likeness (QED) is 0.802. The van der Waals surface area contributed by atoms with Crippen molar-refractivity contribution in [2.75, 3.05) is 26.2 Å². The minimum absolute atomic E-state index is 1.12.